The number of aromatic nitrogens is 2. The molecule has 0 aliphatic carbocycles. The molecule has 0 bridgehead atoms. The van der Waals surface area contributed by atoms with Crippen LogP contribution in [0, 0.1) is 12.3 Å². The highest BCUT2D eigenvalue weighted by molar-refractivity contribution is 6.10. The van der Waals surface area contributed by atoms with E-state index in [1.54, 1.807) is 29.2 Å². The van der Waals surface area contributed by atoms with Gasteiger partial charge >= 0.3 is 0 Å². The van der Waals surface area contributed by atoms with Gasteiger partial charge in [0, 0.05) is 5.56 Å². The van der Waals surface area contributed by atoms with Crippen LogP contribution in [-0.2, 0) is 10.2 Å². The molecule has 2 N–H and O–H groups in total. The Labute approximate surface area is 163 Å². The Balaban J connectivity index is 1.74. The number of benzene rings is 2. The maximum atomic E-state index is 12.9. The molecule has 0 saturated heterocycles. The highest BCUT2D eigenvalue weighted by Gasteiger charge is 2.45. The number of hydrogen-bond donors (Lipinski definition) is 2. The third kappa shape index (κ3) is 2.64. The number of aromatic amines is 1. The Morgan fingerprint density at radius 2 is 2.00 bits per heavy atom. The predicted octanol–water partition coefficient (Wildman–Crippen LogP) is 3.46. The van der Waals surface area contributed by atoms with Crippen molar-refractivity contribution in [2.24, 2.45) is 0 Å². The molecule has 6 nitrogen and oxygen atoms in total. The van der Waals surface area contributed by atoms with Crippen LogP contribution in [0.1, 0.15) is 36.7 Å². The van der Waals surface area contributed by atoms with Crippen LogP contribution in [-0.4, -0.2) is 27.8 Å². The van der Waals surface area contributed by atoms with E-state index < -0.39 is 5.41 Å². The van der Waals surface area contributed by atoms with Crippen LogP contribution in [0.15, 0.2) is 42.5 Å². The monoisotopic (exact) mass is 372 g/mol. The summed E-state index contributed by atoms with van der Waals surface area (Å²) >= 11 is 0. The van der Waals surface area contributed by atoms with Crippen molar-refractivity contribution >= 4 is 34.5 Å². The lowest BCUT2D eigenvalue weighted by Crippen LogP contribution is -2.41. The molecular formula is C22H20N4O2. The van der Waals surface area contributed by atoms with E-state index in [-0.39, 0.29) is 17.9 Å². The summed E-state index contributed by atoms with van der Waals surface area (Å²) in [5, 5.41) is 2.78. The fraction of sp³-hybridized carbons (Fsp3) is 0.227. The zero-order valence-electron chi connectivity index (χ0n) is 15.9. The van der Waals surface area contributed by atoms with Crippen LogP contribution in [0.5, 0.6) is 0 Å². The van der Waals surface area contributed by atoms with Crippen molar-refractivity contribution in [3.8, 4) is 12.3 Å². The van der Waals surface area contributed by atoms with Crippen molar-refractivity contribution in [1.29, 1.82) is 0 Å². The lowest BCUT2D eigenvalue weighted by atomic mass is 9.86. The number of nitrogens with zero attached hydrogens (tertiary/aromatic N) is 2. The summed E-state index contributed by atoms with van der Waals surface area (Å²) in [6.07, 6.45) is 5.58. The molecule has 6 heteroatoms. The Kier molecular flexibility index (Phi) is 3.97. The SMILES string of the molecule is C#CC(C)N1C(=O)C(C)(C)c2cc3nc(NC(=O)c4ccccc4)[nH]c3cc21. The molecular weight excluding hydrogens is 352 g/mol. The van der Waals surface area contributed by atoms with Gasteiger partial charge in [0.2, 0.25) is 11.9 Å². The summed E-state index contributed by atoms with van der Waals surface area (Å²) in [5.41, 5.74) is 2.91. The molecule has 140 valence electrons. The second-order valence-corrected chi connectivity index (χ2v) is 7.43. The summed E-state index contributed by atoms with van der Waals surface area (Å²) in [6, 6.07) is 12.3. The second kappa shape index (κ2) is 6.24. The van der Waals surface area contributed by atoms with Gasteiger partial charge in [0.15, 0.2) is 0 Å². The first-order valence-corrected chi connectivity index (χ1v) is 9.03. The number of amides is 2. The normalized spacial score (nSPS) is 15.9. The van der Waals surface area contributed by atoms with Gasteiger partial charge in [0.25, 0.3) is 5.91 Å². The number of terminal acetylenes is 1. The van der Waals surface area contributed by atoms with Gasteiger partial charge in [0.05, 0.1) is 28.2 Å². The molecule has 28 heavy (non-hydrogen) atoms. The molecule has 1 aliphatic heterocycles. The summed E-state index contributed by atoms with van der Waals surface area (Å²) in [5.74, 6) is 2.72. The van der Waals surface area contributed by atoms with Crippen molar-refractivity contribution in [1.82, 2.24) is 9.97 Å². The van der Waals surface area contributed by atoms with Gasteiger partial charge in [-0.25, -0.2) is 4.98 Å². The number of nitrogens with one attached hydrogen (secondary N) is 2. The number of anilines is 2. The molecule has 3 aromatic rings. The van der Waals surface area contributed by atoms with Gasteiger partial charge < -0.3 is 4.98 Å². The number of fused-ring (bicyclic) bond motifs is 2. The first-order valence-electron chi connectivity index (χ1n) is 9.03. The molecule has 4 rings (SSSR count). The maximum absolute atomic E-state index is 12.9. The van der Waals surface area contributed by atoms with Gasteiger partial charge in [-0.2, -0.15) is 0 Å². The van der Waals surface area contributed by atoms with E-state index >= 15 is 0 Å². The van der Waals surface area contributed by atoms with Crippen LogP contribution in [0.2, 0.25) is 0 Å². The second-order valence-electron chi connectivity index (χ2n) is 7.43. The van der Waals surface area contributed by atoms with Gasteiger partial charge in [-0.05, 0) is 50.6 Å². The Hall–Kier alpha value is -3.59. The maximum Gasteiger partial charge on any atom is 0.257 e. The number of carbonyl (C=O) groups excluding carboxylic acids is 2. The summed E-state index contributed by atoms with van der Waals surface area (Å²) in [4.78, 5) is 34.5. The fourth-order valence-corrected chi connectivity index (χ4v) is 3.56. The van der Waals surface area contributed by atoms with Crippen LogP contribution < -0.4 is 10.2 Å². The first-order chi connectivity index (χ1) is 13.3. The van der Waals surface area contributed by atoms with E-state index in [9.17, 15) is 9.59 Å². The van der Waals surface area contributed by atoms with E-state index in [2.05, 4.69) is 21.2 Å². The van der Waals surface area contributed by atoms with Crippen LogP contribution in [0.4, 0.5) is 11.6 Å². The average Bonchev–Trinajstić information content (AvgIpc) is 3.16. The fourth-order valence-electron chi connectivity index (χ4n) is 3.56. The van der Waals surface area contributed by atoms with E-state index in [0.717, 1.165) is 16.8 Å². The van der Waals surface area contributed by atoms with Gasteiger partial charge in [0.1, 0.15) is 0 Å². The van der Waals surface area contributed by atoms with Crippen molar-refractivity contribution in [3.63, 3.8) is 0 Å². The predicted molar refractivity (Wildman–Crippen MR) is 109 cm³/mol. The number of imidazole rings is 1. The molecule has 1 atom stereocenters. The lowest BCUT2D eigenvalue weighted by Gasteiger charge is -2.23. The Bertz CT molecular complexity index is 1140. The van der Waals surface area contributed by atoms with Crippen molar-refractivity contribution in [2.45, 2.75) is 32.2 Å². The molecule has 2 amide bonds. The van der Waals surface area contributed by atoms with E-state index in [0.29, 0.717) is 17.0 Å². The minimum atomic E-state index is -0.693. The van der Waals surface area contributed by atoms with Gasteiger partial charge in [-0.15, -0.1) is 6.42 Å². The standard InChI is InChI=1S/C22H20N4O2/c1-5-13(2)26-18-12-17-16(11-15(18)22(3,4)20(26)28)23-21(24-17)25-19(27)14-9-7-6-8-10-14/h1,6-13H,2-4H3,(H2,23,24,25,27). The molecule has 2 aromatic carbocycles. The van der Waals surface area contributed by atoms with Crippen molar-refractivity contribution in [2.75, 3.05) is 10.2 Å². The summed E-state index contributed by atoms with van der Waals surface area (Å²) < 4.78 is 0. The highest BCUT2D eigenvalue weighted by Crippen LogP contribution is 2.44. The minimum Gasteiger partial charge on any atom is -0.324 e. The topological polar surface area (TPSA) is 78.1 Å². The Morgan fingerprint density at radius 3 is 2.68 bits per heavy atom. The molecule has 1 aliphatic rings. The third-order valence-electron chi connectivity index (χ3n) is 5.18. The molecule has 0 saturated carbocycles. The largest absolute Gasteiger partial charge is 0.324 e. The number of rotatable bonds is 3. The zero-order valence-corrected chi connectivity index (χ0v) is 15.9. The molecule has 0 radical (unpaired) electrons. The first kappa shape index (κ1) is 17.8. The highest BCUT2D eigenvalue weighted by atomic mass is 16.2. The number of carbonyl (C=O) groups is 2. The van der Waals surface area contributed by atoms with Gasteiger partial charge in [-0.1, -0.05) is 24.1 Å². The zero-order chi connectivity index (χ0) is 20.1. The minimum absolute atomic E-state index is 0.0294. The summed E-state index contributed by atoms with van der Waals surface area (Å²) in [6.45, 7) is 5.59. The van der Waals surface area contributed by atoms with Gasteiger partial charge in [-0.3, -0.25) is 19.8 Å². The molecule has 1 unspecified atom stereocenters. The third-order valence-corrected chi connectivity index (χ3v) is 5.18. The number of H-pyrrole nitrogens is 1. The van der Waals surface area contributed by atoms with E-state index in [1.807, 2.05) is 39.0 Å². The molecule has 0 fully saturated rings. The molecule has 0 spiro atoms. The number of hydrogen-bond acceptors (Lipinski definition) is 3. The van der Waals surface area contributed by atoms with E-state index in [1.165, 1.54) is 0 Å². The summed E-state index contributed by atoms with van der Waals surface area (Å²) in [7, 11) is 0. The van der Waals surface area contributed by atoms with E-state index in [4.69, 9.17) is 6.42 Å². The molecule has 2 heterocycles. The van der Waals surface area contributed by atoms with Crippen LogP contribution >= 0.6 is 0 Å². The molecule has 1 aromatic heterocycles. The quantitative estimate of drug-likeness (QED) is 0.691. The smallest absolute Gasteiger partial charge is 0.257 e. The van der Waals surface area contributed by atoms with Crippen LogP contribution in [0.25, 0.3) is 11.0 Å². The van der Waals surface area contributed by atoms with Crippen LogP contribution in [0.3, 0.4) is 0 Å². The average molecular weight is 372 g/mol. The van der Waals surface area contributed by atoms with Crippen molar-refractivity contribution in [3.05, 3.63) is 53.6 Å². The van der Waals surface area contributed by atoms with Crippen molar-refractivity contribution < 1.29 is 9.59 Å². The lowest BCUT2D eigenvalue weighted by molar-refractivity contribution is -0.122. The Morgan fingerprint density at radius 1 is 1.29 bits per heavy atom.